The van der Waals surface area contributed by atoms with E-state index in [4.69, 9.17) is 16.3 Å². The lowest BCUT2D eigenvalue weighted by Crippen LogP contribution is -2.58. The lowest BCUT2D eigenvalue weighted by molar-refractivity contribution is -0.0566. The molecule has 2 aromatic heterocycles. The Morgan fingerprint density at radius 2 is 2.03 bits per heavy atom. The van der Waals surface area contributed by atoms with Crippen molar-refractivity contribution in [3.63, 3.8) is 0 Å². The van der Waals surface area contributed by atoms with E-state index in [2.05, 4.69) is 20.0 Å². The Labute approximate surface area is 187 Å². The third-order valence-corrected chi connectivity index (χ3v) is 7.14. The third kappa shape index (κ3) is 2.80. The second-order valence-electron chi connectivity index (χ2n) is 8.81. The highest BCUT2D eigenvalue weighted by atomic mass is 35.5. The van der Waals surface area contributed by atoms with Gasteiger partial charge in [-0.2, -0.15) is 15.1 Å². The Bertz CT molecular complexity index is 1220. The molecule has 1 spiro atoms. The van der Waals surface area contributed by atoms with Crippen LogP contribution < -0.4 is 4.90 Å². The topological polar surface area (TPSA) is 117 Å². The molecule has 4 atom stereocenters. The number of hydrogen-bond acceptors (Lipinski definition) is 8. The minimum atomic E-state index is -1.29. The SMILES string of the molecule is OC[C@H]1O[C@@H](n2ncc3c(N4CC5(CCc6ccc(F)cc65)C4)nc(Cl)nc32)[C@H](O)[C@@H]1O. The first-order valence-electron chi connectivity index (χ1n) is 10.5. The summed E-state index contributed by atoms with van der Waals surface area (Å²) >= 11 is 6.23. The molecular formula is C21H21ClFN5O4. The first-order valence-corrected chi connectivity index (χ1v) is 10.8. The van der Waals surface area contributed by atoms with Crippen LogP contribution >= 0.6 is 11.6 Å². The number of benzene rings is 1. The molecule has 168 valence electrons. The molecule has 0 amide bonds. The van der Waals surface area contributed by atoms with Gasteiger partial charge in [-0.3, -0.25) is 0 Å². The standard InChI is InChI=1S/C21H21ClFN5O4/c22-20-25-17(27-8-21(9-27)4-3-10-1-2-11(23)5-13(10)21)12-6-24-28(18(12)26-20)19-16(31)15(30)14(7-29)32-19/h1-2,5-6,14-16,19,29-31H,3-4,7-9H2/t14-,15-,16-,19-/m1/s1. The molecule has 2 fully saturated rings. The van der Waals surface area contributed by atoms with E-state index in [1.165, 1.54) is 16.3 Å². The number of halogens is 2. The molecule has 3 N–H and O–H groups in total. The van der Waals surface area contributed by atoms with Crippen molar-refractivity contribution in [3.8, 4) is 0 Å². The van der Waals surface area contributed by atoms with Gasteiger partial charge in [-0.15, -0.1) is 0 Å². The third-order valence-electron chi connectivity index (χ3n) is 6.97. The van der Waals surface area contributed by atoms with Crippen LogP contribution in [0.1, 0.15) is 23.8 Å². The van der Waals surface area contributed by atoms with Crippen molar-refractivity contribution in [2.45, 2.75) is 42.8 Å². The highest BCUT2D eigenvalue weighted by molar-refractivity contribution is 6.28. The van der Waals surface area contributed by atoms with Crippen LogP contribution in [0.2, 0.25) is 5.28 Å². The fourth-order valence-corrected chi connectivity index (χ4v) is 5.49. The number of nitrogens with zero attached hydrogens (tertiary/aromatic N) is 5. The van der Waals surface area contributed by atoms with E-state index >= 15 is 0 Å². The van der Waals surface area contributed by atoms with Gasteiger partial charge in [0.1, 0.15) is 29.9 Å². The Morgan fingerprint density at radius 1 is 1.22 bits per heavy atom. The summed E-state index contributed by atoms with van der Waals surface area (Å²) < 4.78 is 20.8. The number of hydrogen-bond donors (Lipinski definition) is 3. The normalized spacial score (nSPS) is 28.5. The number of ether oxygens (including phenoxy) is 1. The second kappa shape index (κ2) is 7.06. The molecule has 3 aliphatic rings. The maximum atomic E-state index is 13.9. The van der Waals surface area contributed by atoms with E-state index in [9.17, 15) is 19.7 Å². The molecule has 11 heteroatoms. The zero-order valence-corrected chi connectivity index (χ0v) is 17.7. The summed E-state index contributed by atoms with van der Waals surface area (Å²) in [5.74, 6) is 0.379. The van der Waals surface area contributed by atoms with Crippen LogP contribution in [0, 0.1) is 5.82 Å². The monoisotopic (exact) mass is 461 g/mol. The van der Waals surface area contributed by atoms with Crippen LogP contribution in [0.4, 0.5) is 10.2 Å². The predicted octanol–water partition coefficient (Wildman–Crippen LogP) is 0.934. The number of aliphatic hydroxyl groups excluding tert-OH is 3. The largest absolute Gasteiger partial charge is 0.394 e. The van der Waals surface area contributed by atoms with Crippen molar-refractivity contribution in [3.05, 3.63) is 46.6 Å². The van der Waals surface area contributed by atoms with Gasteiger partial charge in [-0.05, 0) is 47.7 Å². The Hall–Kier alpha value is -2.37. The van der Waals surface area contributed by atoms with Crippen molar-refractivity contribution < 1.29 is 24.4 Å². The fourth-order valence-electron chi connectivity index (χ4n) is 5.33. The smallest absolute Gasteiger partial charge is 0.226 e. The summed E-state index contributed by atoms with van der Waals surface area (Å²) in [6.45, 7) is 0.905. The molecule has 1 aromatic carbocycles. The number of anilines is 1. The predicted molar refractivity (Wildman–Crippen MR) is 112 cm³/mol. The summed E-state index contributed by atoms with van der Waals surface area (Å²) in [6, 6.07) is 5.02. The molecule has 1 aliphatic carbocycles. The molecule has 3 aromatic rings. The summed E-state index contributed by atoms with van der Waals surface area (Å²) in [4.78, 5) is 10.8. The maximum absolute atomic E-state index is 13.9. The second-order valence-corrected chi connectivity index (χ2v) is 9.15. The molecule has 0 bridgehead atoms. The zero-order valence-electron chi connectivity index (χ0n) is 16.9. The lowest BCUT2D eigenvalue weighted by atomic mass is 9.74. The Balaban J connectivity index is 1.34. The van der Waals surface area contributed by atoms with Crippen LogP contribution in [0.25, 0.3) is 11.0 Å². The summed E-state index contributed by atoms with van der Waals surface area (Å²) in [7, 11) is 0. The van der Waals surface area contributed by atoms with Gasteiger partial charge >= 0.3 is 0 Å². The van der Waals surface area contributed by atoms with Crippen molar-refractivity contribution in [1.29, 1.82) is 0 Å². The van der Waals surface area contributed by atoms with Gasteiger partial charge in [0.05, 0.1) is 18.2 Å². The van der Waals surface area contributed by atoms with Gasteiger partial charge in [0.25, 0.3) is 0 Å². The number of aryl methyl sites for hydroxylation is 1. The molecule has 0 saturated carbocycles. The molecule has 6 rings (SSSR count). The minimum absolute atomic E-state index is 0.0137. The number of fused-ring (bicyclic) bond motifs is 3. The zero-order chi connectivity index (χ0) is 22.2. The Morgan fingerprint density at radius 3 is 2.78 bits per heavy atom. The van der Waals surface area contributed by atoms with Gasteiger partial charge in [0.2, 0.25) is 5.28 Å². The highest BCUT2D eigenvalue weighted by Crippen LogP contribution is 2.48. The fraction of sp³-hybridized carbons (Fsp3) is 0.476. The molecule has 2 saturated heterocycles. The van der Waals surface area contributed by atoms with Crippen molar-refractivity contribution in [2.24, 2.45) is 0 Å². The molecule has 2 aliphatic heterocycles. The number of rotatable bonds is 3. The van der Waals surface area contributed by atoms with Crippen LogP contribution in [0.5, 0.6) is 0 Å². The van der Waals surface area contributed by atoms with Gasteiger partial charge < -0.3 is 25.0 Å². The first-order chi connectivity index (χ1) is 15.4. The van der Waals surface area contributed by atoms with Crippen LogP contribution in [0.3, 0.4) is 0 Å². The van der Waals surface area contributed by atoms with Gasteiger partial charge in [-0.1, -0.05) is 6.07 Å². The average Bonchev–Trinajstić information content (AvgIpc) is 3.41. The molecule has 0 unspecified atom stereocenters. The van der Waals surface area contributed by atoms with Crippen LogP contribution in [0.15, 0.2) is 24.4 Å². The van der Waals surface area contributed by atoms with Gasteiger partial charge in [0, 0.05) is 18.5 Å². The van der Waals surface area contributed by atoms with E-state index in [0.717, 1.165) is 18.4 Å². The molecule has 32 heavy (non-hydrogen) atoms. The highest BCUT2D eigenvalue weighted by Gasteiger charge is 2.50. The van der Waals surface area contributed by atoms with Crippen molar-refractivity contribution in [1.82, 2.24) is 19.7 Å². The van der Waals surface area contributed by atoms with Gasteiger partial charge in [-0.25, -0.2) is 9.07 Å². The number of aliphatic hydroxyl groups is 3. The summed E-state index contributed by atoms with van der Waals surface area (Å²) in [5.41, 5.74) is 2.50. The Kier molecular flexibility index (Phi) is 4.47. The van der Waals surface area contributed by atoms with E-state index in [0.29, 0.717) is 29.9 Å². The first kappa shape index (κ1) is 20.3. The van der Waals surface area contributed by atoms with Crippen LogP contribution in [-0.4, -0.2) is 73.1 Å². The maximum Gasteiger partial charge on any atom is 0.226 e. The van der Waals surface area contributed by atoms with E-state index < -0.39 is 31.1 Å². The summed E-state index contributed by atoms with van der Waals surface area (Å²) in [5, 5.41) is 34.8. The summed E-state index contributed by atoms with van der Waals surface area (Å²) in [6.07, 6.45) is -1.04. The average molecular weight is 462 g/mol. The minimum Gasteiger partial charge on any atom is -0.394 e. The van der Waals surface area contributed by atoms with Crippen molar-refractivity contribution >= 4 is 28.5 Å². The van der Waals surface area contributed by atoms with E-state index in [1.54, 1.807) is 12.3 Å². The molecule has 9 nitrogen and oxygen atoms in total. The molecular weight excluding hydrogens is 441 g/mol. The lowest BCUT2D eigenvalue weighted by Gasteiger charge is -2.49. The number of aromatic nitrogens is 4. The van der Waals surface area contributed by atoms with Gasteiger partial charge in [0.15, 0.2) is 11.9 Å². The van der Waals surface area contributed by atoms with E-state index in [-0.39, 0.29) is 16.5 Å². The quantitative estimate of drug-likeness (QED) is 0.493. The van der Waals surface area contributed by atoms with Crippen molar-refractivity contribution in [2.75, 3.05) is 24.6 Å². The van der Waals surface area contributed by atoms with Crippen LogP contribution in [-0.2, 0) is 16.6 Å². The molecule has 0 radical (unpaired) electrons. The van der Waals surface area contributed by atoms with E-state index in [1.807, 2.05) is 6.07 Å². The molecule has 4 heterocycles.